The second-order valence-electron chi connectivity index (χ2n) is 6.49. The van der Waals surface area contributed by atoms with Crippen molar-refractivity contribution in [3.05, 3.63) is 76.3 Å². The molecule has 1 atom stereocenters. The summed E-state index contributed by atoms with van der Waals surface area (Å²) in [6.45, 7) is 8.28. The van der Waals surface area contributed by atoms with E-state index in [0.717, 1.165) is 16.9 Å². The normalized spacial score (nSPS) is 12.3. The fourth-order valence-electron chi connectivity index (χ4n) is 2.55. The Morgan fingerprint density at radius 2 is 2.07 bits per heavy atom. The molecule has 0 radical (unpaired) electrons. The zero-order valence-electron chi connectivity index (χ0n) is 15.5. The average molecular weight is 402 g/mol. The van der Waals surface area contributed by atoms with Gasteiger partial charge in [-0.3, -0.25) is 4.79 Å². The van der Waals surface area contributed by atoms with Crippen LogP contribution in [0.2, 0.25) is 5.02 Å². The quantitative estimate of drug-likeness (QED) is 0.636. The zero-order chi connectivity index (χ0) is 19.8. The summed E-state index contributed by atoms with van der Waals surface area (Å²) in [6, 6.07) is 12.6. The van der Waals surface area contributed by atoms with Gasteiger partial charge in [0.15, 0.2) is 0 Å². The highest BCUT2D eigenvalue weighted by Gasteiger charge is 2.19. The minimum atomic E-state index is -0.233. The van der Waals surface area contributed by atoms with Crippen LogP contribution in [0.5, 0.6) is 0 Å². The van der Waals surface area contributed by atoms with Crippen LogP contribution in [0.1, 0.15) is 30.8 Å². The molecular weight excluding hydrogens is 378 g/mol. The SMILES string of the molecule is C=C(S/C=C\N)[C@H](CC(C)C)NC(=O)c1cccc(-c2cccc(Cl)c2)n1. The molecule has 1 aromatic carbocycles. The minimum absolute atomic E-state index is 0.171. The molecule has 2 aromatic rings. The van der Waals surface area contributed by atoms with Gasteiger partial charge in [-0.05, 0) is 42.0 Å². The molecule has 1 aromatic heterocycles. The average Bonchev–Trinajstić information content (AvgIpc) is 2.65. The Bertz CT molecular complexity index is 836. The molecule has 4 nitrogen and oxygen atoms in total. The lowest BCUT2D eigenvalue weighted by Gasteiger charge is -2.21. The Morgan fingerprint density at radius 3 is 2.74 bits per heavy atom. The smallest absolute Gasteiger partial charge is 0.270 e. The maximum absolute atomic E-state index is 12.8. The molecule has 0 saturated heterocycles. The molecule has 6 heteroatoms. The third-order valence-electron chi connectivity index (χ3n) is 3.80. The number of benzene rings is 1. The van der Waals surface area contributed by atoms with Gasteiger partial charge in [0.1, 0.15) is 5.69 Å². The van der Waals surface area contributed by atoms with Crippen LogP contribution in [-0.2, 0) is 0 Å². The molecule has 0 aliphatic heterocycles. The van der Waals surface area contributed by atoms with Crippen LogP contribution in [-0.4, -0.2) is 16.9 Å². The summed E-state index contributed by atoms with van der Waals surface area (Å²) in [5.41, 5.74) is 7.32. The largest absolute Gasteiger partial charge is 0.404 e. The first-order valence-corrected chi connectivity index (χ1v) is 9.92. The van der Waals surface area contributed by atoms with Crippen molar-refractivity contribution in [2.24, 2.45) is 11.7 Å². The van der Waals surface area contributed by atoms with E-state index in [4.69, 9.17) is 17.3 Å². The zero-order valence-corrected chi connectivity index (χ0v) is 17.1. The summed E-state index contributed by atoms with van der Waals surface area (Å²) in [4.78, 5) is 18.1. The number of nitrogens with two attached hydrogens (primary N) is 1. The van der Waals surface area contributed by atoms with Crippen molar-refractivity contribution < 1.29 is 4.79 Å². The molecule has 27 heavy (non-hydrogen) atoms. The molecule has 1 heterocycles. The number of amides is 1. The molecule has 0 bridgehead atoms. The highest BCUT2D eigenvalue weighted by Crippen LogP contribution is 2.24. The van der Waals surface area contributed by atoms with Crippen LogP contribution in [0, 0.1) is 5.92 Å². The lowest BCUT2D eigenvalue weighted by Crippen LogP contribution is -2.36. The number of thioether (sulfide) groups is 1. The maximum Gasteiger partial charge on any atom is 0.270 e. The van der Waals surface area contributed by atoms with Gasteiger partial charge in [0.05, 0.1) is 11.7 Å². The monoisotopic (exact) mass is 401 g/mol. The predicted molar refractivity (Wildman–Crippen MR) is 115 cm³/mol. The van der Waals surface area contributed by atoms with Gasteiger partial charge >= 0.3 is 0 Å². The van der Waals surface area contributed by atoms with Gasteiger partial charge in [0.2, 0.25) is 0 Å². The van der Waals surface area contributed by atoms with Gasteiger partial charge < -0.3 is 11.1 Å². The number of hydrogen-bond donors (Lipinski definition) is 2. The van der Waals surface area contributed by atoms with Crippen LogP contribution in [0.25, 0.3) is 11.3 Å². The predicted octanol–water partition coefficient (Wildman–Crippen LogP) is 5.22. The third-order valence-corrected chi connectivity index (χ3v) is 4.92. The number of carbonyl (C=O) groups is 1. The van der Waals surface area contributed by atoms with E-state index in [1.807, 2.05) is 30.3 Å². The number of aromatic nitrogens is 1. The maximum atomic E-state index is 12.8. The molecule has 0 aliphatic carbocycles. The molecule has 1 amide bonds. The standard InChI is InChI=1S/C21H24ClN3OS/c1-14(2)12-20(15(3)27-11-10-23)25-21(26)19-9-5-8-18(24-19)16-6-4-7-17(22)13-16/h4-11,13-14,20H,3,12,23H2,1-2H3,(H,25,26)/b11-10-/t20-/m0/s1. The Morgan fingerprint density at radius 1 is 1.33 bits per heavy atom. The first kappa shape index (κ1) is 21.1. The van der Waals surface area contributed by atoms with Gasteiger partial charge in [0, 0.05) is 21.7 Å². The van der Waals surface area contributed by atoms with Crippen LogP contribution in [0.3, 0.4) is 0 Å². The lowest BCUT2D eigenvalue weighted by atomic mass is 10.0. The van der Waals surface area contributed by atoms with Gasteiger partial charge in [-0.2, -0.15) is 0 Å². The second kappa shape index (κ2) is 10.2. The second-order valence-corrected chi connectivity index (χ2v) is 7.96. The highest BCUT2D eigenvalue weighted by atomic mass is 35.5. The van der Waals surface area contributed by atoms with Crippen molar-refractivity contribution in [1.29, 1.82) is 0 Å². The van der Waals surface area contributed by atoms with E-state index in [9.17, 15) is 4.79 Å². The summed E-state index contributed by atoms with van der Waals surface area (Å²) in [6.07, 6.45) is 2.24. The topological polar surface area (TPSA) is 68.0 Å². The molecule has 0 spiro atoms. The number of nitrogens with zero attached hydrogens (tertiary/aromatic N) is 1. The van der Waals surface area contributed by atoms with Gasteiger partial charge in [-0.1, -0.05) is 62.0 Å². The van der Waals surface area contributed by atoms with Crippen molar-refractivity contribution in [3.63, 3.8) is 0 Å². The van der Waals surface area contributed by atoms with Crippen LogP contribution >= 0.6 is 23.4 Å². The summed E-state index contributed by atoms with van der Waals surface area (Å²) in [5, 5.41) is 5.42. The van der Waals surface area contributed by atoms with E-state index < -0.39 is 0 Å². The van der Waals surface area contributed by atoms with Crippen LogP contribution in [0.15, 0.2) is 65.6 Å². The first-order chi connectivity index (χ1) is 12.9. The molecule has 2 rings (SSSR count). The number of nitrogens with one attached hydrogen (secondary N) is 1. The molecule has 0 saturated carbocycles. The number of pyridine rings is 1. The van der Waals surface area contributed by atoms with E-state index >= 15 is 0 Å². The van der Waals surface area contributed by atoms with E-state index in [-0.39, 0.29) is 11.9 Å². The number of carbonyl (C=O) groups excluding carboxylic acids is 1. The van der Waals surface area contributed by atoms with Crippen LogP contribution < -0.4 is 11.1 Å². The molecule has 0 fully saturated rings. The molecule has 142 valence electrons. The number of hydrogen-bond acceptors (Lipinski definition) is 4. The summed E-state index contributed by atoms with van der Waals surface area (Å²) >= 11 is 7.47. The van der Waals surface area contributed by atoms with Gasteiger partial charge in [-0.15, -0.1) is 0 Å². The van der Waals surface area contributed by atoms with Gasteiger partial charge in [-0.25, -0.2) is 4.98 Å². The summed E-state index contributed by atoms with van der Waals surface area (Å²) < 4.78 is 0. The van der Waals surface area contributed by atoms with Crippen molar-refractivity contribution in [2.75, 3.05) is 0 Å². The summed E-state index contributed by atoms with van der Waals surface area (Å²) in [7, 11) is 0. The van der Waals surface area contributed by atoms with Crippen LogP contribution in [0.4, 0.5) is 0 Å². The molecule has 3 N–H and O–H groups in total. The molecule has 0 aliphatic rings. The Hall–Kier alpha value is -2.24. The Balaban J connectivity index is 2.20. The number of halogens is 1. The van der Waals surface area contributed by atoms with E-state index in [0.29, 0.717) is 22.3 Å². The lowest BCUT2D eigenvalue weighted by molar-refractivity contribution is 0.0935. The Labute approximate surface area is 169 Å². The van der Waals surface area contributed by atoms with E-state index in [1.165, 1.54) is 18.0 Å². The van der Waals surface area contributed by atoms with Crippen molar-refractivity contribution in [2.45, 2.75) is 26.3 Å². The summed E-state index contributed by atoms with van der Waals surface area (Å²) in [5.74, 6) is 0.170. The first-order valence-electron chi connectivity index (χ1n) is 8.66. The van der Waals surface area contributed by atoms with E-state index in [1.54, 1.807) is 17.5 Å². The van der Waals surface area contributed by atoms with Crippen molar-refractivity contribution >= 4 is 29.3 Å². The third kappa shape index (κ3) is 6.45. The highest BCUT2D eigenvalue weighted by molar-refractivity contribution is 8.05. The Kier molecular flexibility index (Phi) is 7.95. The fourth-order valence-corrected chi connectivity index (χ4v) is 3.32. The van der Waals surface area contributed by atoms with Gasteiger partial charge in [0.25, 0.3) is 5.91 Å². The van der Waals surface area contributed by atoms with Crippen molar-refractivity contribution in [3.8, 4) is 11.3 Å². The molecular formula is C21H24ClN3OS. The fraction of sp³-hybridized carbons (Fsp3) is 0.238. The number of rotatable bonds is 8. The van der Waals surface area contributed by atoms with E-state index in [2.05, 4.69) is 30.7 Å². The minimum Gasteiger partial charge on any atom is -0.404 e. The molecule has 0 unspecified atom stereocenters. The van der Waals surface area contributed by atoms with Crippen molar-refractivity contribution in [1.82, 2.24) is 10.3 Å².